The number of ketones is 1. The number of rotatable bonds is 4. The van der Waals surface area contributed by atoms with Crippen LogP contribution in [0.3, 0.4) is 0 Å². The van der Waals surface area contributed by atoms with E-state index in [1.165, 1.54) is 25.1 Å². The first-order chi connectivity index (χ1) is 7.84. The van der Waals surface area contributed by atoms with Crippen LogP contribution in [0.1, 0.15) is 29.5 Å². The van der Waals surface area contributed by atoms with E-state index >= 15 is 0 Å². The summed E-state index contributed by atoms with van der Waals surface area (Å²) in [5.74, 6) is -1.54. The summed E-state index contributed by atoms with van der Waals surface area (Å²) in [5, 5.41) is 17.2. The summed E-state index contributed by atoms with van der Waals surface area (Å²) >= 11 is 9.08. The van der Waals surface area contributed by atoms with Gasteiger partial charge in [0.2, 0.25) is 0 Å². The van der Waals surface area contributed by atoms with Crippen molar-refractivity contribution >= 4 is 39.3 Å². The van der Waals surface area contributed by atoms with Gasteiger partial charge < -0.3 is 10.2 Å². The number of halogens is 2. The lowest BCUT2D eigenvalue weighted by molar-refractivity contribution is -0.147. The van der Waals surface area contributed by atoms with Crippen LogP contribution in [-0.2, 0) is 9.59 Å². The first kappa shape index (κ1) is 14.2. The molecule has 0 amide bonds. The zero-order valence-electron chi connectivity index (χ0n) is 8.85. The molecule has 0 spiro atoms. The molecule has 0 bridgehead atoms. The Hall–Kier alpha value is -0.910. The average molecular weight is 322 g/mol. The lowest BCUT2D eigenvalue weighted by atomic mass is 10.0. The third-order valence-electron chi connectivity index (χ3n) is 2.20. The largest absolute Gasteiger partial charge is 0.479 e. The van der Waals surface area contributed by atoms with Crippen molar-refractivity contribution in [3.05, 3.63) is 33.8 Å². The highest BCUT2D eigenvalue weighted by Crippen LogP contribution is 2.31. The third kappa shape index (κ3) is 3.28. The van der Waals surface area contributed by atoms with Gasteiger partial charge in [0.25, 0.3) is 0 Å². The molecule has 92 valence electrons. The van der Waals surface area contributed by atoms with Gasteiger partial charge in [-0.05, 0) is 24.1 Å². The van der Waals surface area contributed by atoms with Gasteiger partial charge in [-0.3, -0.25) is 4.79 Å². The van der Waals surface area contributed by atoms with Gasteiger partial charge >= 0.3 is 5.97 Å². The van der Waals surface area contributed by atoms with E-state index in [1.54, 1.807) is 0 Å². The second-order valence-corrected chi connectivity index (χ2v) is 4.79. The van der Waals surface area contributed by atoms with E-state index in [0.29, 0.717) is 10.0 Å². The number of hydrogen-bond acceptors (Lipinski definition) is 3. The first-order valence-electron chi connectivity index (χ1n) is 4.69. The number of benzene rings is 1. The molecule has 0 radical (unpaired) electrons. The van der Waals surface area contributed by atoms with Gasteiger partial charge in [-0.2, -0.15) is 0 Å². The molecule has 0 heterocycles. The Morgan fingerprint density at radius 1 is 1.41 bits per heavy atom. The fraction of sp³-hybridized carbons (Fsp3) is 0.273. The zero-order chi connectivity index (χ0) is 13.2. The van der Waals surface area contributed by atoms with E-state index in [-0.39, 0.29) is 11.3 Å². The van der Waals surface area contributed by atoms with Crippen LogP contribution in [0.5, 0.6) is 0 Å². The molecule has 1 aromatic rings. The number of hydrogen-bond donors (Lipinski definition) is 2. The SMILES string of the molecule is CC(=O)C(Cl)c1ccc(C(O)C(=O)O)cc1Br. The molecular formula is C11H10BrClO4. The fourth-order valence-corrected chi connectivity index (χ4v) is 2.23. The number of aliphatic hydroxyl groups is 1. The second-order valence-electron chi connectivity index (χ2n) is 3.49. The van der Waals surface area contributed by atoms with Crippen molar-refractivity contribution in [3.8, 4) is 0 Å². The summed E-state index contributed by atoms with van der Waals surface area (Å²) in [6.45, 7) is 1.37. The molecule has 0 aliphatic carbocycles. The number of carboxylic acid groups (broad SMARTS) is 1. The first-order valence-corrected chi connectivity index (χ1v) is 5.92. The van der Waals surface area contributed by atoms with Crippen molar-refractivity contribution in [3.63, 3.8) is 0 Å². The number of Topliss-reactive ketones (excluding diaryl/α,β-unsaturated/α-hetero) is 1. The molecule has 2 atom stereocenters. The Labute approximate surface area is 111 Å². The molecule has 0 aromatic heterocycles. The van der Waals surface area contributed by atoms with E-state index in [2.05, 4.69) is 15.9 Å². The van der Waals surface area contributed by atoms with Gasteiger partial charge in [-0.25, -0.2) is 4.79 Å². The smallest absolute Gasteiger partial charge is 0.337 e. The number of alkyl halides is 1. The van der Waals surface area contributed by atoms with E-state index in [1.807, 2.05) is 0 Å². The minimum Gasteiger partial charge on any atom is -0.479 e. The highest BCUT2D eigenvalue weighted by atomic mass is 79.9. The minimum absolute atomic E-state index is 0.209. The molecule has 0 aliphatic rings. The number of carbonyl (C=O) groups is 2. The molecule has 6 heteroatoms. The van der Waals surface area contributed by atoms with Crippen molar-refractivity contribution in [2.75, 3.05) is 0 Å². The predicted molar refractivity (Wildman–Crippen MR) is 66.0 cm³/mol. The Morgan fingerprint density at radius 2 is 2.00 bits per heavy atom. The lowest BCUT2D eigenvalue weighted by Crippen LogP contribution is -2.11. The van der Waals surface area contributed by atoms with Crippen molar-refractivity contribution in [1.82, 2.24) is 0 Å². The van der Waals surface area contributed by atoms with E-state index < -0.39 is 17.5 Å². The quantitative estimate of drug-likeness (QED) is 0.835. The minimum atomic E-state index is -1.59. The average Bonchev–Trinajstić information content (AvgIpc) is 2.26. The van der Waals surface area contributed by atoms with Gasteiger partial charge in [0, 0.05) is 4.47 Å². The Morgan fingerprint density at radius 3 is 2.41 bits per heavy atom. The van der Waals surface area contributed by atoms with Crippen LogP contribution < -0.4 is 0 Å². The summed E-state index contributed by atoms with van der Waals surface area (Å²) in [5.41, 5.74) is 0.765. The molecule has 0 aliphatic heterocycles. The standard InChI is InChI=1S/C11H10BrClO4/c1-5(14)9(13)7-3-2-6(4-8(7)12)10(15)11(16)17/h2-4,9-10,15H,1H3,(H,16,17). The van der Waals surface area contributed by atoms with E-state index in [9.17, 15) is 14.7 Å². The molecule has 2 unspecified atom stereocenters. The number of carbonyl (C=O) groups excluding carboxylic acids is 1. The highest BCUT2D eigenvalue weighted by Gasteiger charge is 2.20. The Bertz CT molecular complexity index is 461. The van der Waals surface area contributed by atoms with Crippen LogP contribution in [0, 0.1) is 0 Å². The van der Waals surface area contributed by atoms with Crippen LogP contribution in [0.2, 0.25) is 0 Å². The summed E-state index contributed by atoms with van der Waals surface area (Å²) in [7, 11) is 0. The predicted octanol–water partition coefficient (Wildman–Crippen LogP) is 2.44. The second kappa shape index (κ2) is 5.62. The van der Waals surface area contributed by atoms with Gasteiger partial charge in [0.05, 0.1) is 0 Å². The molecule has 1 rings (SSSR count). The van der Waals surface area contributed by atoms with Gasteiger partial charge in [-0.15, -0.1) is 11.6 Å². The summed E-state index contributed by atoms with van der Waals surface area (Å²) in [6.07, 6.45) is -1.59. The molecule has 2 N–H and O–H groups in total. The topological polar surface area (TPSA) is 74.6 Å². The molecule has 0 fully saturated rings. The summed E-state index contributed by atoms with van der Waals surface area (Å²) in [4.78, 5) is 21.7. The Balaban J connectivity index is 3.10. The molecule has 0 saturated heterocycles. The molecule has 4 nitrogen and oxygen atoms in total. The zero-order valence-corrected chi connectivity index (χ0v) is 11.2. The lowest BCUT2D eigenvalue weighted by Gasteiger charge is -2.12. The Kier molecular flexibility index (Phi) is 4.68. The summed E-state index contributed by atoms with van der Waals surface area (Å²) in [6, 6.07) is 4.38. The van der Waals surface area contributed by atoms with Crippen molar-refractivity contribution < 1.29 is 19.8 Å². The van der Waals surface area contributed by atoms with E-state index in [0.717, 1.165) is 0 Å². The molecular weight excluding hydrogens is 311 g/mol. The molecule has 0 saturated carbocycles. The van der Waals surface area contributed by atoms with Crippen LogP contribution in [0.4, 0.5) is 0 Å². The molecule has 1 aromatic carbocycles. The van der Waals surface area contributed by atoms with Crippen LogP contribution in [0.15, 0.2) is 22.7 Å². The van der Waals surface area contributed by atoms with Crippen molar-refractivity contribution in [2.45, 2.75) is 18.4 Å². The van der Waals surface area contributed by atoms with Gasteiger partial charge in [0.1, 0.15) is 5.38 Å². The van der Waals surface area contributed by atoms with Crippen LogP contribution in [-0.4, -0.2) is 22.0 Å². The number of carboxylic acids is 1. The summed E-state index contributed by atoms with van der Waals surface area (Å²) < 4.78 is 0.491. The normalized spacial score (nSPS) is 14.1. The maximum Gasteiger partial charge on any atom is 0.337 e. The van der Waals surface area contributed by atoms with E-state index in [4.69, 9.17) is 16.7 Å². The fourth-order valence-electron chi connectivity index (χ4n) is 1.28. The van der Waals surface area contributed by atoms with Crippen molar-refractivity contribution in [1.29, 1.82) is 0 Å². The maximum absolute atomic E-state index is 11.1. The maximum atomic E-state index is 11.1. The van der Waals surface area contributed by atoms with Crippen LogP contribution >= 0.6 is 27.5 Å². The third-order valence-corrected chi connectivity index (χ3v) is 3.43. The number of aliphatic carboxylic acids is 1. The van der Waals surface area contributed by atoms with Gasteiger partial charge in [0.15, 0.2) is 11.9 Å². The number of aliphatic hydroxyl groups excluding tert-OH is 1. The monoisotopic (exact) mass is 320 g/mol. The van der Waals surface area contributed by atoms with Crippen LogP contribution in [0.25, 0.3) is 0 Å². The highest BCUT2D eigenvalue weighted by molar-refractivity contribution is 9.10. The molecule has 17 heavy (non-hydrogen) atoms. The van der Waals surface area contributed by atoms with Crippen molar-refractivity contribution in [2.24, 2.45) is 0 Å². The van der Waals surface area contributed by atoms with Gasteiger partial charge in [-0.1, -0.05) is 28.1 Å².